The first-order chi connectivity index (χ1) is 10.0. The summed E-state index contributed by atoms with van der Waals surface area (Å²) < 4.78 is 5.47. The van der Waals surface area contributed by atoms with Crippen molar-refractivity contribution < 1.29 is 19.1 Å². The lowest BCUT2D eigenvalue weighted by molar-refractivity contribution is -0.114. The summed E-state index contributed by atoms with van der Waals surface area (Å²) in [4.78, 5) is 21.7. The molecule has 1 aromatic heterocycles. The average Bonchev–Trinajstić information content (AvgIpc) is 2.93. The van der Waals surface area contributed by atoms with Crippen molar-refractivity contribution in [1.29, 1.82) is 5.26 Å². The number of aromatic carboxylic acids is 1. The van der Waals surface area contributed by atoms with E-state index < -0.39 is 11.9 Å². The molecule has 0 bridgehead atoms. The fraction of sp³-hybridized carbons (Fsp3) is 0. The Labute approximate surface area is 119 Å². The van der Waals surface area contributed by atoms with Crippen LogP contribution in [0.3, 0.4) is 0 Å². The Morgan fingerprint density at radius 2 is 1.86 bits per heavy atom. The van der Waals surface area contributed by atoms with E-state index in [-0.39, 0.29) is 11.1 Å². The molecule has 1 amide bonds. The summed E-state index contributed by atoms with van der Waals surface area (Å²) in [6.45, 7) is 0. The highest BCUT2D eigenvalue weighted by molar-refractivity contribution is 6.00. The topological polar surface area (TPSA) is 117 Å². The predicted octanol–water partition coefficient (Wildman–Crippen LogP) is 2.04. The van der Waals surface area contributed by atoms with Crippen molar-refractivity contribution in [2.75, 3.05) is 0 Å². The van der Waals surface area contributed by atoms with Crippen molar-refractivity contribution in [3.05, 3.63) is 53.3 Å². The van der Waals surface area contributed by atoms with Crippen LogP contribution in [0.1, 0.15) is 16.1 Å². The number of furan rings is 1. The van der Waals surface area contributed by atoms with Gasteiger partial charge in [-0.25, -0.2) is 4.79 Å². The zero-order valence-electron chi connectivity index (χ0n) is 10.7. The fourth-order valence-corrected chi connectivity index (χ4v) is 1.66. The SMILES string of the molecule is N#C/C(=C\c1ccc(-c2ccc(C(=O)O)cc2)o1)C(N)=O. The Morgan fingerprint density at radius 3 is 2.38 bits per heavy atom. The number of carboxylic acids is 1. The van der Waals surface area contributed by atoms with Crippen molar-refractivity contribution in [2.24, 2.45) is 5.73 Å². The zero-order valence-corrected chi connectivity index (χ0v) is 10.7. The van der Waals surface area contributed by atoms with E-state index in [1.165, 1.54) is 18.2 Å². The van der Waals surface area contributed by atoms with Crippen LogP contribution in [0.25, 0.3) is 17.4 Å². The van der Waals surface area contributed by atoms with E-state index in [0.29, 0.717) is 17.1 Å². The van der Waals surface area contributed by atoms with Crippen LogP contribution in [0, 0.1) is 11.3 Å². The van der Waals surface area contributed by atoms with Crippen molar-refractivity contribution in [2.45, 2.75) is 0 Å². The van der Waals surface area contributed by atoms with Gasteiger partial charge in [-0.3, -0.25) is 4.79 Å². The van der Waals surface area contributed by atoms with E-state index in [1.54, 1.807) is 30.3 Å². The van der Waals surface area contributed by atoms with Gasteiger partial charge in [-0.15, -0.1) is 0 Å². The molecule has 6 nitrogen and oxygen atoms in total. The largest absolute Gasteiger partial charge is 0.478 e. The van der Waals surface area contributed by atoms with Gasteiger partial charge in [-0.2, -0.15) is 5.26 Å². The second kappa shape index (κ2) is 5.75. The summed E-state index contributed by atoms with van der Waals surface area (Å²) in [5.74, 6) is -1.05. The second-order valence-electron chi connectivity index (χ2n) is 4.12. The van der Waals surface area contributed by atoms with E-state index in [1.807, 2.05) is 0 Å². The quantitative estimate of drug-likeness (QED) is 0.657. The van der Waals surface area contributed by atoms with Crippen molar-refractivity contribution in [1.82, 2.24) is 0 Å². The highest BCUT2D eigenvalue weighted by Crippen LogP contribution is 2.23. The summed E-state index contributed by atoms with van der Waals surface area (Å²) >= 11 is 0. The van der Waals surface area contributed by atoms with Gasteiger partial charge in [0.2, 0.25) is 0 Å². The van der Waals surface area contributed by atoms with Crippen molar-refractivity contribution in [3.8, 4) is 17.4 Å². The Morgan fingerprint density at radius 1 is 1.19 bits per heavy atom. The first-order valence-electron chi connectivity index (χ1n) is 5.86. The smallest absolute Gasteiger partial charge is 0.335 e. The van der Waals surface area contributed by atoms with Crippen LogP contribution >= 0.6 is 0 Å². The molecule has 0 saturated heterocycles. The monoisotopic (exact) mass is 282 g/mol. The Hall–Kier alpha value is -3.33. The number of nitriles is 1. The lowest BCUT2D eigenvalue weighted by Gasteiger charge is -1.98. The molecule has 0 radical (unpaired) electrons. The summed E-state index contributed by atoms with van der Waals surface area (Å²) in [5.41, 5.74) is 5.67. The summed E-state index contributed by atoms with van der Waals surface area (Å²) in [7, 11) is 0. The maximum absolute atomic E-state index is 10.9. The molecule has 3 N–H and O–H groups in total. The van der Waals surface area contributed by atoms with Crippen LogP contribution < -0.4 is 5.73 Å². The van der Waals surface area contributed by atoms with Crippen LogP contribution in [0.5, 0.6) is 0 Å². The Kier molecular flexibility index (Phi) is 3.86. The molecule has 0 saturated carbocycles. The van der Waals surface area contributed by atoms with Crippen molar-refractivity contribution in [3.63, 3.8) is 0 Å². The lowest BCUT2D eigenvalue weighted by atomic mass is 10.1. The number of carbonyl (C=O) groups is 2. The molecule has 21 heavy (non-hydrogen) atoms. The number of carbonyl (C=O) groups excluding carboxylic acids is 1. The number of hydrogen-bond acceptors (Lipinski definition) is 4. The second-order valence-corrected chi connectivity index (χ2v) is 4.12. The highest BCUT2D eigenvalue weighted by atomic mass is 16.4. The molecule has 2 aromatic rings. The molecule has 0 unspecified atom stereocenters. The molecule has 1 heterocycles. The minimum Gasteiger partial charge on any atom is -0.478 e. The zero-order chi connectivity index (χ0) is 15.4. The molecule has 6 heteroatoms. The molecular weight excluding hydrogens is 272 g/mol. The number of amides is 1. The van der Waals surface area contributed by atoms with E-state index in [9.17, 15) is 9.59 Å². The van der Waals surface area contributed by atoms with E-state index in [0.717, 1.165) is 0 Å². The molecule has 1 aromatic carbocycles. The molecule has 0 aliphatic rings. The number of rotatable bonds is 4. The van der Waals surface area contributed by atoms with E-state index >= 15 is 0 Å². The molecular formula is C15H10N2O4. The molecule has 0 fully saturated rings. The lowest BCUT2D eigenvalue weighted by Crippen LogP contribution is -2.12. The minimum absolute atomic E-state index is 0.172. The van der Waals surface area contributed by atoms with Crippen LogP contribution in [0.15, 0.2) is 46.4 Å². The van der Waals surface area contributed by atoms with Gasteiger partial charge < -0.3 is 15.3 Å². The van der Waals surface area contributed by atoms with Crippen molar-refractivity contribution >= 4 is 18.0 Å². The number of primary amides is 1. The number of benzene rings is 1. The van der Waals surface area contributed by atoms with Gasteiger partial charge in [-0.05, 0) is 24.3 Å². The van der Waals surface area contributed by atoms with Crippen LogP contribution in [-0.2, 0) is 4.79 Å². The third-order valence-corrected chi connectivity index (χ3v) is 2.72. The normalized spacial score (nSPS) is 10.9. The number of nitrogens with two attached hydrogens (primary N) is 1. The van der Waals surface area contributed by atoms with Crippen LogP contribution in [0.4, 0.5) is 0 Å². The Balaban J connectivity index is 2.30. The maximum Gasteiger partial charge on any atom is 0.335 e. The number of hydrogen-bond donors (Lipinski definition) is 2. The summed E-state index contributed by atoms with van der Waals surface area (Å²) in [5, 5.41) is 17.6. The van der Waals surface area contributed by atoms with Gasteiger partial charge in [0.25, 0.3) is 5.91 Å². The third-order valence-electron chi connectivity index (χ3n) is 2.72. The van der Waals surface area contributed by atoms with Gasteiger partial charge in [-0.1, -0.05) is 12.1 Å². The van der Waals surface area contributed by atoms with Crippen LogP contribution in [0.2, 0.25) is 0 Å². The molecule has 0 aliphatic carbocycles. The first kappa shape index (κ1) is 14.1. The van der Waals surface area contributed by atoms with Gasteiger partial charge in [0.1, 0.15) is 23.2 Å². The minimum atomic E-state index is -1.01. The number of carboxylic acid groups (broad SMARTS) is 1. The number of nitrogens with zero attached hydrogens (tertiary/aromatic N) is 1. The maximum atomic E-state index is 10.9. The summed E-state index contributed by atoms with van der Waals surface area (Å²) in [6, 6.07) is 11.0. The van der Waals surface area contributed by atoms with E-state index in [2.05, 4.69) is 0 Å². The molecule has 0 spiro atoms. The third kappa shape index (κ3) is 3.16. The van der Waals surface area contributed by atoms with Crippen LogP contribution in [-0.4, -0.2) is 17.0 Å². The molecule has 104 valence electrons. The Bertz CT molecular complexity index is 764. The molecule has 0 aliphatic heterocycles. The average molecular weight is 282 g/mol. The summed E-state index contributed by atoms with van der Waals surface area (Å²) in [6.07, 6.45) is 1.25. The van der Waals surface area contributed by atoms with Gasteiger partial charge in [0, 0.05) is 11.6 Å². The fourth-order valence-electron chi connectivity index (χ4n) is 1.66. The highest BCUT2D eigenvalue weighted by Gasteiger charge is 2.08. The predicted molar refractivity (Wildman–Crippen MR) is 73.9 cm³/mol. The van der Waals surface area contributed by atoms with Gasteiger partial charge in [0.15, 0.2) is 0 Å². The van der Waals surface area contributed by atoms with E-state index in [4.69, 9.17) is 20.5 Å². The molecule has 0 atom stereocenters. The standard InChI is InChI=1S/C15H10N2O4/c16-8-11(14(17)18)7-12-5-6-13(21-12)9-1-3-10(4-2-9)15(19)20/h1-7H,(H2,17,18)(H,19,20)/b11-7+. The van der Waals surface area contributed by atoms with Gasteiger partial charge >= 0.3 is 5.97 Å². The van der Waals surface area contributed by atoms with Gasteiger partial charge in [0.05, 0.1) is 5.56 Å². The first-order valence-corrected chi connectivity index (χ1v) is 5.86. The molecule has 2 rings (SSSR count).